The summed E-state index contributed by atoms with van der Waals surface area (Å²) in [6.07, 6.45) is 1.16. The maximum Gasteiger partial charge on any atom is 0.524 e. The smallest absolute Gasteiger partial charge is 0.430 e. The Kier molecular flexibility index (Phi) is 3.56. The summed E-state index contributed by atoms with van der Waals surface area (Å²) < 4.78 is 32.7. The molecule has 18 heavy (non-hydrogen) atoms. The van der Waals surface area contributed by atoms with Gasteiger partial charge in [-0.2, -0.15) is 8.42 Å². The van der Waals surface area contributed by atoms with Gasteiger partial charge in [0.1, 0.15) is 11.0 Å². The summed E-state index contributed by atoms with van der Waals surface area (Å²) in [5.41, 5.74) is 0.770. The Morgan fingerprint density at radius 2 is 2.06 bits per heavy atom. The third-order valence-electron chi connectivity index (χ3n) is 2.77. The van der Waals surface area contributed by atoms with Crippen LogP contribution in [-0.2, 0) is 19.0 Å². The van der Waals surface area contributed by atoms with Gasteiger partial charge < -0.3 is 8.92 Å². The van der Waals surface area contributed by atoms with Crippen LogP contribution in [0.1, 0.15) is 24.8 Å². The van der Waals surface area contributed by atoms with Crippen molar-refractivity contribution in [2.45, 2.75) is 37.2 Å². The number of carbonyl (C=O) groups is 1. The van der Waals surface area contributed by atoms with Gasteiger partial charge in [0, 0.05) is 0 Å². The standard InChI is InChI=1S/C12H14O5S/c1-9-4-2-7-11(8-9)18(14,15)17-12(13)16-10-5-3-6-10/h2,4,7-8,10H,3,5-6H2,1H3. The predicted molar refractivity (Wildman–Crippen MR) is 63.6 cm³/mol. The number of benzene rings is 1. The Labute approximate surface area is 106 Å². The van der Waals surface area contributed by atoms with Crippen LogP contribution >= 0.6 is 0 Å². The zero-order valence-corrected chi connectivity index (χ0v) is 10.8. The second-order valence-electron chi connectivity index (χ2n) is 4.27. The highest BCUT2D eigenvalue weighted by Crippen LogP contribution is 2.23. The summed E-state index contributed by atoms with van der Waals surface area (Å²) in [6.45, 7) is 1.76. The van der Waals surface area contributed by atoms with Gasteiger partial charge in [-0.05, 0) is 43.9 Å². The van der Waals surface area contributed by atoms with Gasteiger partial charge >= 0.3 is 16.3 Å². The average Bonchev–Trinajstić information content (AvgIpc) is 2.23. The van der Waals surface area contributed by atoms with Crippen molar-refractivity contribution in [1.82, 2.24) is 0 Å². The second-order valence-corrected chi connectivity index (χ2v) is 5.82. The molecule has 1 aromatic carbocycles. The van der Waals surface area contributed by atoms with E-state index in [2.05, 4.69) is 4.18 Å². The van der Waals surface area contributed by atoms with Crippen LogP contribution in [-0.4, -0.2) is 20.7 Å². The fraction of sp³-hybridized carbons (Fsp3) is 0.417. The highest BCUT2D eigenvalue weighted by atomic mass is 32.2. The summed E-state index contributed by atoms with van der Waals surface area (Å²) in [6, 6.07) is 6.15. The maximum absolute atomic E-state index is 11.8. The molecule has 2 rings (SSSR count). The van der Waals surface area contributed by atoms with Crippen molar-refractivity contribution in [2.75, 3.05) is 0 Å². The maximum atomic E-state index is 11.8. The van der Waals surface area contributed by atoms with E-state index in [9.17, 15) is 13.2 Å². The minimum absolute atomic E-state index is 0.0481. The van der Waals surface area contributed by atoms with E-state index in [0.29, 0.717) is 0 Å². The van der Waals surface area contributed by atoms with Crippen molar-refractivity contribution in [1.29, 1.82) is 0 Å². The monoisotopic (exact) mass is 270 g/mol. The first-order valence-corrected chi connectivity index (χ1v) is 7.10. The number of aryl methyl sites for hydroxylation is 1. The van der Waals surface area contributed by atoms with Crippen LogP contribution in [0.25, 0.3) is 0 Å². The fourth-order valence-corrected chi connectivity index (χ4v) is 2.44. The predicted octanol–water partition coefficient (Wildman–Crippen LogP) is 2.39. The Bertz CT molecular complexity index is 545. The first-order valence-electron chi connectivity index (χ1n) is 5.69. The van der Waals surface area contributed by atoms with Crippen molar-refractivity contribution in [3.63, 3.8) is 0 Å². The van der Waals surface area contributed by atoms with E-state index in [0.717, 1.165) is 24.8 Å². The Morgan fingerprint density at radius 1 is 1.33 bits per heavy atom. The van der Waals surface area contributed by atoms with E-state index in [4.69, 9.17) is 4.74 Å². The van der Waals surface area contributed by atoms with Crippen molar-refractivity contribution >= 4 is 16.3 Å². The molecule has 1 aliphatic carbocycles. The number of rotatable bonds is 3. The van der Waals surface area contributed by atoms with Gasteiger partial charge in [0.05, 0.1) is 0 Å². The molecular weight excluding hydrogens is 256 g/mol. The molecule has 0 saturated heterocycles. The third-order valence-corrected chi connectivity index (χ3v) is 3.96. The first-order chi connectivity index (χ1) is 8.47. The lowest BCUT2D eigenvalue weighted by atomic mass is 9.96. The molecule has 0 bridgehead atoms. The molecule has 0 N–H and O–H groups in total. The number of hydrogen-bond acceptors (Lipinski definition) is 5. The molecule has 1 aromatic rings. The third kappa shape index (κ3) is 3.01. The van der Waals surface area contributed by atoms with Gasteiger partial charge in [-0.1, -0.05) is 12.1 Å². The Morgan fingerprint density at radius 3 is 2.61 bits per heavy atom. The van der Waals surface area contributed by atoms with Crippen LogP contribution in [0.2, 0.25) is 0 Å². The van der Waals surface area contributed by atoms with Crippen molar-refractivity contribution < 1.29 is 22.1 Å². The second kappa shape index (κ2) is 4.97. The van der Waals surface area contributed by atoms with Gasteiger partial charge in [-0.3, -0.25) is 0 Å². The van der Waals surface area contributed by atoms with Gasteiger partial charge in [0.15, 0.2) is 0 Å². The van der Waals surface area contributed by atoms with E-state index >= 15 is 0 Å². The summed E-state index contributed by atoms with van der Waals surface area (Å²) >= 11 is 0. The lowest BCUT2D eigenvalue weighted by Crippen LogP contribution is -2.26. The molecule has 6 heteroatoms. The molecule has 0 spiro atoms. The van der Waals surface area contributed by atoms with Crippen LogP contribution in [0, 0.1) is 6.92 Å². The molecule has 0 radical (unpaired) electrons. The van der Waals surface area contributed by atoms with Crippen LogP contribution in [0.15, 0.2) is 29.2 Å². The lowest BCUT2D eigenvalue weighted by Gasteiger charge is -2.24. The fourth-order valence-electron chi connectivity index (χ4n) is 1.55. The quantitative estimate of drug-likeness (QED) is 0.623. The van der Waals surface area contributed by atoms with Gasteiger partial charge in [-0.25, -0.2) is 4.79 Å². The Hall–Kier alpha value is -1.56. The van der Waals surface area contributed by atoms with Gasteiger partial charge in [-0.15, -0.1) is 0 Å². The molecule has 0 amide bonds. The molecular formula is C12H14O5S. The number of hydrogen-bond donors (Lipinski definition) is 0. The van der Waals surface area contributed by atoms with E-state index in [1.807, 2.05) is 0 Å². The summed E-state index contributed by atoms with van der Waals surface area (Å²) in [5.74, 6) is 0. The van der Waals surface area contributed by atoms with Crippen LogP contribution in [0.5, 0.6) is 0 Å². The normalized spacial score (nSPS) is 15.8. The minimum atomic E-state index is -4.09. The minimum Gasteiger partial charge on any atom is -0.430 e. The lowest BCUT2D eigenvalue weighted by molar-refractivity contribution is 0.0242. The molecule has 5 nitrogen and oxygen atoms in total. The van der Waals surface area contributed by atoms with E-state index < -0.39 is 16.3 Å². The molecule has 0 aliphatic heterocycles. The average molecular weight is 270 g/mol. The van der Waals surface area contributed by atoms with Gasteiger partial charge in [0.25, 0.3) is 0 Å². The largest absolute Gasteiger partial charge is 0.524 e. The zero-order valence-electron chi connectivity index (χ0n) is 9.96. The SMILES string of the molecule is Cc1cccc(S(=O)(=O)OC(=O)OC2CCC2)c1. The van der Waals surface area contributed by atoms with Crippen LogP contribution < -0.4 is 0 Å². The van der Waals surface area contributed by atoms with Crippen molar-refractivity contribution in [2.24, 2.45) is 0 Å². The number of ether oxygens (including phenoxy) is 1. The molecule has 1 aliphatic rings. The van der Waals surface area contributed by atoms with Crippen molar-refractivity contribution in [3.8, 4) is 0 Å². The summed E-state index contributed by atoms with van der Waals surface area (Å²) in [5, 5.41) is 0. The molecule has 1 saturated carbocycles. The molecule has 0 atom stereocenters. The topological polar surface area (TPSA) is 69.7 Å². The highest BCUT2D eigenvalue weighted by Gasteiger charge is 2.27. The summed E-state index contributed by atoms with van der Waals surface area (Å²) in [7, 11) is -4.09. The highest BCUT2D eigenvalue weighted by molar-refractivity contribution is 7.87. The number of carbonyl (C=O) groups excluding carboxylic acids is 1. The van der Waals surface area contributed by atoms with E-state index in [-0.39, 0.29) is 11.0 Å². The first kappa shape index (κ1) is 12.9. The van der Waals surface area contributed by atoms with E-state index in [1.54, 1.807) is 19.1 Å². The molecule has 98 valence electrons. The van der Waals surface area contributed by atoms with Crippen molar-refractivity contribution in [3.05, 3.63) is 29.8 Å². The van der Waals surface area contributed by atoms with E-state index in [1.165, 1.54) is 12.1 Å². The molecule has 0 aromatic heterocycles. The molecule has 1 fully saturated rings. The Balaban J connectivity index is 2.04. The van der Waals surface area contributed by atoms with Gasteiger partial charge in [0.2, 0.25) is 0 Å². The summed E-state index contributed by atoms with van der Waals surface area (Å²) in [4.78, 5) is 11.2. The zero-order chi connectivity index (χ0) is 13.2. The van der Waals surface area contributed by atoms with Crippen LogP contribution in [0.4, 0.5) is 4.79 Å². The van der Waals surface area contributed by atoms with Crippen LogP contribution in [0.3, 0.4) is 0 Å². The molecule has 0 heterocycles. The molecule has 0 unspecified atom stereocenters.